The van der Waals surface area contributed by atoms with Crippen LogP contribution in [0.25, 0.3) is 0 Å². The molecular formula is C10H12N2O5S. The maximum atomic E-state index is 11.7. The molecule has 8 heteroatoms. The molecule has 1 heterocycles. The van der Waals surface area contributed by atoms with Crippen LogP contribution >= 0.6 is 0 Å². The van der Waals surface area contributed by atoms with E-state index in [9.17, 15) is 18.0 Å². The van der Waals surface area contributed by atoms with Crippen LogP contribution in [0.3, 0.4) is 0 Å². The molecule has 2 amide bonds. The fourth-order valence-electron chi connectivity index (χ4n) is 1.39. The van der Waals surface area contributed by atoms with E-state index >= 15 is 0 Å². The predicted molar refractivity (Wildman–Crippen MR) is 63.3 cm³/mol. The Kier molecular flexibility index (Phi) is 4.33. The second-order valence-electron chi connectivity index (χ2n) is 3.67. The monoisotopic (exact) mass is 272 g/mol. The number of amides is 2. The van der Waals surface area contributed by atoms with Crippen molar-refractivity contribution in [3.05, 3.63) is 11.5 Å². The Morgan fingerprint density at radius 2 is 2.22 bits per heavy atom. The van der Waals surface area contributed by atoms with Crippen molar-refractivity contribution < 1.29 is 23.1 Å². The van der Waals surface area contributed by atoms with Crippen molar-refractivity contribution in [2.75, 3.05) is 18.8 Å². The average molecular weight is 272 g/mol. The minimum absolute atomic E-state index is 0.165. The molecule has 7 nitrogen and oxygen atoms in total. The number of rotatable bonds is 4. The zero-order chi connectivity index (χ0) is 13.8. The lowest BCUT2D eigenvalue weighted by atomic mass is 10.3. The van der Waals surface area contributed by atoms with Crippen LogP contribution in [-0.4, -0.2) is 55.3 Å². The third kappa shape index (κ3) is 4.10. The number of nitrogens with zero attached hydrogens (tertiary/aromatic N) is 1. The molecule has 1 rings (SSSR count). The molecule has 1 atom stereocenters. The first-order valence-corrected chi connectivity index (χ1v) is 6.67. The van der Waals surface area contributed by atoms with Gasteiger partial charge in [-0.25, -0.2) is 13.2 Å². The number of hydrogen-bond donors (Lipinski definition) is 2. The maximum Gasteiger partial charge on any atom is 0.323 e. The van der Waals surface area contributed by atoms with E-state index in [2.05, 4.69) is 11.2 Å². The fourth-order valence-corrected chi connectivity index (χ4v) is 2.62. The summed E-state index contributed by atoms with van der Waals surface area (Å²) in [6.45, 7) is -0.708. The van der Waals surface area contributed by atoms with Gasteiger partial charge >= 0.3 is 12.0 Å². The number of carboxylic acid groups (broad SMARTS) is 1. The van der Waals surface area contributed by atoms with E-state index in [1.54, 1.807) is 0 Å². The summed E-state index contributed by atoms with van der Waals surface area (Å²) in [6.07, 6.45) is 6.36. The van der Waals surface area contributed by atoms with Crippen LogP contribution in [0, 0.1) is 12.3 Å². The zero-order valence-corrected chi connectivity index (χ0v) is 10.2. The lowest BCUT2D eigenvalue weighted by Crippen LogP contribution is -2.47. The SMILES string of the molecule is C#CCN(CC(=O)O)C(=O)NC1C=CS(=O)(=O)C1. The van der Waals surface area contributed by atoms with Gasteiger partial charge in [0.05, 0.1) is 18.3 Å². The number of carbonyl (C=O) groups excluding carboxylic acids is 1. The third-order valence-electron chi connectivity index (χ3n) is 2.13. The normalized spacial score (nSPS) is 20.1. The quantitative estimate of drug-likeness (QED) is 0.641. The van der Waals surface area contributed by atoms with E-state index < -0.39 is 34.4 Å². The van der Waals surface area contributed by atoms with Crippen LogP contribution in [0.2, 0.25) is 0 Å². The van der Waals surface area contributed by atoms with E-state index in [0.29, 0.717) is 0 Å². The number of nitrogens with one attached hydrogen (secondary N) is 1. The second-order valence-corrected chi connectivity index (χ2v) is 5.60. The van der Waals surface area contributed by atoms with Crippen LogP contribution in [0.15, 0.2) is 11.5 Å². The van der Waals surface area contributed by atoms with Crippen LogP contribution < -0.4 is 5.32 Å². The Balaban J connectivity index is 2.60. The molecule has 98 valence electrons. The molecule has 0 spiro atoms. The molecule has 18 heavy (non-hydrogen) atoms. The maximum absolute atomic E-state index is 11.7. The number of carbonyl (C=O) groups is 2. The molecular weight excluding hydrogens is 260 g/mol. The molecule has 0 aromatic rings. The van der Waals surface area contributed by atoms with Gasteiger partial charge in [0.15, 0.2) is 9.84 Å². The minimum atomic E-state index is -3.27. The summed E-state index contributed by atoms with van der Waals surface area (Å²) in [6, 6.07) is -1.36. The second kappa shape index (κ2) is 5.55. The molecule has 1 unspecified atom stereocenters. The molecule has 0 fully saturated rings. The van der Waals surface area contributed by atoms with E-state index in [1.807, 2.05) is 0 Å². The van der Waals surface area contributed by atoms with E-state index in [1.165, 1.54) is 6.08 Å². The van der Waals surface area contributed by atoms with Crippen molar-refractivity contribution in [2.24, 2.45) is 0 Å². The molecule has 1 aliphatic rings. The lowest BCUT2D eigenvalue weighted by Gasteiger charge is -2.20. The highest BCUT2D eigenvalue weighted by molar-refractivity contribution is 7.94. The molecule has 0 radical (unpaired) electrons. The Bertz CT molecular complexity index is 517. The van der Waals surface area contributed by atoms with Crippen LogP contribution in [0.4, 0.5) is 4.79 Å². The van der Waals surface area contributed by atoms with Gasteiger partial charge in [-0.3, -0.25) is 4.79 Å². The third-order valence-corrected chi connectivity index (χ3v) is 3.53. The summed E-state index contributed by atoms with van der Waals surface area (Å²) in [7, 11) is -3.27. The average Bonchev–Trinajstić information content (AvgIpc) is 2.56. The summed E-state index contributed by atoms with van der Waals surface area (Å²) >= 11 is 0. The molecule has 0 saturated carbocycles. The van der Waals surface area contributed by atoms with E-state index in [-0.39, 0.29) is 12.3 Å². The fraction of sp³-hybridized carbons (Fsp3) is 0.400. The highest BCUT2D eigenvalue weighted by Gasteiger charge is 2.25. The summed E-state index contributed by atoms with van der Waals surface area (Å²) in [5, 5.41) is 12.0. The van der Waals surface area contributed by atoms with Gasteiger partial charge < -0.3 is 15.3 Å². The largest absolute Gasteiger partial charge is 0.480 e. The number of urea groups is 1. The number of hydrogen-bond acceptors (Lipinski definition) is 4. The van der Waals surface area contributed by atoms with Crippen LogP contribution in [-0.2, 0) is 14.6 Å². The standard InChI is InChI=1S/C10H12N2O5S/c1-2-4-12(6-9(13)14)10(15)11-8-3-5-18(16,17)7-8/h1,3,5,8H,4,6-7H2,(H,11,15)(H,13,14). The molecule has 0 aromatic carbocycles. The van der Waals surface area contributed by atoms with Gasteiger partial charge in [-0.05, 0) is 6.08 Å². The molecule has 0 bridgehead atoms. The molecule has 2 N–H and O–H groups in total. The van der Waals surface area contributed by atoms with Crippen molar-refractivity contribution in [1.29, 1.82) is 0 Å². The van der Waals surface area contributed by atoms with Crippen LogP contribution in [0.5, 0.6) is 0 Å². The van der Waals surface area contributed by atoms with Gasteiger partial charge in [-0.1, -0.05) is 5.92 Å². The summed E-state index contributed by atoms with van der Waals surface area (Å²) < 4.78 is 22.2. The van der Waals surface area contributed by atoms with Gasteiger partial charge in [0, 0.05) is 5.41 Å². The summed E-state index contributed by atoms with van der Waals surface area (Å²) in [4.78, 5) is 23.1. The number of aliphatic carboxylic acids is 1. The molecule has 0 aromatic heterocycles. The summed E-state index contributed by atoms with van der Waals surface area (Å²) in [5.41, 5.74) is 0. The first-order valence-electron chi connectivity index (χ1n) is 4.96. The van der Waals surface area contributed by atoms with Gasteiger partial charge in [0.2, 0.25) is 0 Å². The number of sulfone groups is 1. The topological polar surface area (TPSA) is 104 Å². The van der Waals surface area contributed by atoms with E-state index in [4.69, 9.17) is 11.5 Å². The van der Waals surface area contributed by atoms with Crippen molar-refractivity contribution in [1.82, 2.24) is 10.2 Å². The van der Waals surface area contributed by atoms with Gasteiger partial charge in [-0.15, -0.1) is 6.42 Å². The Hall–Kier alpha value is -2.01. The van der Waals surface area contributed by atoms with Gasteiger partial charge in [-0.2, -0.15) is 0 Å². The van der Waals surface area contributed by atoms with Crippen molar-refractivity contribution in [3.8, 4) is 12.3 Å². The van der Waals surface area contributed by atoms with Crippen molar-refractivity contribution in [2.45, 2.75) is 6.04 Å². The highest BCUT2D eigenvalue weighted by Crippen LogP contribution is 2.08. The zero-order valence-electron chi connectivity index (χ0n) is 9.37. The smallest absolute Gasteiger partial charge is 0.323 e. The van der Waals surface area contributed by atoms with Crippen LogP contribution in [0.1, 0.15) is 0 Å². The summed E-state index contributed by atoms with van der Waals surface area (Å²) in [5.74, 6) is 0.735. The molecule has 0 aliphatic carbocycles. The van der Waals surface area contributed by atoms with Crippen molar-refractivity contribution >= 4 is 21.8 Å². The Morgan fingerprint density at radius 1 is 1.56 bits per heavy atom. The first-order chi connectivity index (χ1) is 8.34. The van der Waals surface area contributed by atoms with Gasteiger partial charge in [0.1, 0.15) is 6.54 Å². The highest BCUT2D eigenvalue weighted by atomic mass is 32.2. The molecule has 1 aliphatic heterocycles. The predicted octanol–water partition coefficient (Wildman–Crippen LogP) is -0.973. The Labute approximate surface area is 104 Å². The lowest BCUT2D eigenvalue weighted by molar-refractivity contribution is -0.137. The van der Waals surface area contributed by atoms with Gasteiger partial charge in [0.25, 0.3) is 0 Å². The number of terminal acetylenes is 1. The Morgan fingerprint density at radius 3 is 2.67 bits per heavy atom. The van der Waals surface area contributed by atoms with E-state index in [0.717, 1.165) is 10.3 Å². The van der Waals surface area contributed by atoms with Crippen molar-refractivity contribution in [3.63, 3.8) is 0 Å². The first kappa shape index (κ1) is 14.1. The molecule has 0 saturated heterocycles. The minimum Gasteiger partial charge on any atom is -0.480 e. The number of carboxylic acids is 1.